The topological polar surface area (TPSA) is 47.9 Å². The number of rotatable bonds is 8. The summed E-state index contributed by atoms with van der Waals surface area (Å²) in [7, 11) is 3.04. The van der Waals surface area contributed by atoms with Gasteiger partial charge in [0.2, 0.25) is 6.08 Å². The second kappa shape index (κ2) is 9.60. The number of isocyanates is 1. The van der Waals surface area contributed by atoms with Gasteiger partial charge in [-0.15, -0.1) is 0 Å². The predicted octanol–water partition coefficient (Wildman–Crippen LogP) is 0.266. The first kappa shape index (κ1) is 12.5. The van der Waals surface area contributed by atoms with Gasteiger partial charge in [-0.3, -0.25) is 0 Å². The van der Waals surface area contributed by atoms with Gasteiger partial charge < -0.3 is 9.47 Å². The molecule has 0 aromatic heterocycles. The van der Waals surface area contributed by atoms with Crippen molar-refractivity contribution in [1.29, 1.82) is 0 Å². The predicted molar refractivity (Wildman–Crippen MR) is 53.4 cm³/mol. The number of methoxy groups -OCH3 is 2. The molecule has 0 radical (unpaired) electrons. The second-order valence-electron chi connectivity index (χ2n) is 2.72. The molecule has 0 aromatic carbocycles. The molecule has 0 aromatic rings. The van der Waals surface area contributed by atoms with Crippen molar-refractivity contribution in [3.8, 4) is 0 Å². The number of aliphatic imine (C=N–C) groups is 1. The van der Waals surface area contributed by atoms with E-state index in [0.29, 0.717) is 6.54 Å². The molecule has 0 saturated heterocycles. The van der Waals surface area contributed by atoms with Gasteiger partial charge in [0.25, 0.3) is 0 Å². The highest BCUT2D eigenvalue weighted by Crippen LogP contribution is 1.99. The molecule has 0 atom stereocenters. The molecule has 0 rings (SSSR count). The maximum atomic E-state index is 9.72. The van der Waals surface area contributed by atoms with Gasteiger partial charge in [0.15, 0.2) is 0 Å². The van der Waals surface area contributed by atoms with E-state index in [1.54, 1.807) is 14.2 Å². The van der Waals surface area contributed by atoms with Crippen LogP contribution in [0.15, 0.2) is 4.99 Å². The van der Waals surface area contributed by atoms with Gasteiger partial charge in [-0.05, 0) is 6.42 Å². The molecule has 0 bridgehead atoms. The average molecular weight is 203 g/mol. The van der Waals surface area contributed by atoms with E-state index < -0.39 is 0 Å². The van der Waals surface area contributed by atoms with Crippen molar-refractivity contribution in [1.82, 2.24) is 0 Å². The average Bonchev–Trinajstić information content (AvgIpc) is 2.17. The highest BCUT2D eigenvalue weighted by atomic mass is 28.2. The zero-order valence-electron chi connectivity index (χ0n) is 8.28. The Balaban J connectivity index is 3.18. The quantitative estimate of drug-likeness (QED) is 0.187. The Morgan fingerprint density at radius 1 is 1.38 bits per heavy atom. The van der Waals surface area contributed by atoms with Crippen LogP contribution in [0.1, 0.15) is 12.8 Å². The molecule has 0 amide bonds. The number of hydrogen-bond acceptors (Lipinski definition) is 4. The van der Waals surface area contributed by atoms with E-state index in [9.17, 15) is 4.79 Å². The van der Waals surface area contributed by atoms with E-state index in [4.69, 9.17) is 9.47 Å². The Labute approximate surface area is 81.2 Å². The molecule has 0 N–H and O–H groups in total. The molecule has 0 aliphatic heterocycles. The minimum absolute atomic E-state index is 0.0366. The normalized spacial score (nSPS) is 11.0. The molecule has 0 spiro atoms. The third-order valence-electron chi connectivity index (χ3n) is 1.80. The monoisotopic (exact) mass is 203 g/mol. The van der Waals surface area contributed by atoms with Gasteiger partial charge in [-0.1, -0.05) is 12.5 Å². The standard InChI is InChI=1S/C8H17NO3Si/c1-11-8(12-2)13-6-4-3-5-9-7-10/h8H,3-6,13H2,1-2H3. The number of unbranched alkanes of at least 4 members (excludes halogenated alkanes) is 1. The maximum Gasteiger partial charge on any atom is 0.234 e. The van der Waals surface area contributed by atoms with Crippen molar-refractivity contribution in [3.05, 3.63) is 0 Å². The van der Waals surface area contributed by atoms with Crippen LogP contribution >= 0.6 is 0 Å². The van der Waals surface area contributed by atoms with Crippen molar-refractivity contribution in [2.45, 2.75) is 24.8 Å². The smallest absolute Gasteiger partial charge is 0.234 e. The highest BCUT2D eigenvalue weighted by molar-refractivity contribution is 6.36. The number of nitrogens with zero attached hydrogens (tertiary/aromatic N) is 1. The molecule has 0 heterocycles. The molecular formula is C8H17NO3Si. The van der Waals surface area contributed by atoms with Crippen molar-refractivity contribution in [3.63, 3.8) is 0 Å². The minimum Gasteiger partial charge on any atom is -0.360 e. The van der Waals surface area contributed by atoms with Gasteiger partial charge >= 0.3 is 0 Å². The summed E-state index contributed by atoms with van der Waals surface area (Å²) in [6, 6.07) is 1.17. The van der Waals surface area contributed by atoms with Crippen molar-refractivity contribution < 1.29 is 14.3 Å². The van der Waals surface area contributed by atoms with Gasteiger partial charge in [-0.2, -0.15) is 0 Å². The third-order valence-corrected chi connectivity index (χ3v) is 3.85. The fourth-order valence-electron chi connectivity index (χ4n) is 1.06. The first-order valence-corrected chi connectivity index (χ1v) is 6.26. The van der Waals surface area contributed by atoms with Crippen molar-refractivity contribution in [2.75, 3.05) is 20.8 Å². The molecule has 0 aliphatic rings. The van der Waals surface area contributed by atoms with E-state index in [1.165, 1.54) is 12.1 Å². The largest absolute Gasteiger partial charge is 0.360 e. The van der Waals surface area contributed by atoms with Crippen LogP contribution in [0.4, 0.5) is 0 Å². The zero-order chi connectivity index (χ0) is 9.94. The Bertz CT molecular complexity index is 155. The lowest BCUT2D eigenvalue weighted by atomic mass is 10.3. The molecule has 0 saturated carbocycles. The molecule has 0 unspecified atom stereocenters. The van der Waals surface area contributed by atoms with Gasteiger partial charge in [0.1, 0.15) is 5.91 Å². The Kier molecular flexibility index (Phi) is 9.25. The third kappa shape index (κ3) is 7.86. The van der Waals surface area contributed by atoms with Gasteiger partial charge in [0.05, 0.1) is 16.1 Å². The van der Waals surface area contributed by atoms with Crippen molar-refractivity contribution in [2.24, 2.45) is 4.99 Å². The number of carbonyl (C=O) groups excluding carboxylic acids is 1. The summed E-state index contributed by atoms with van der Waals surface area (Å²) in [4.78, 5) is 13.2. The fourth-order valence-corrected chi connectivity index (χ4v) is 2.50. The van der Waals surface area contributed by atoms with Gasteiger partial charge in [-0.25, -0.2) is 9.79 Å². The zero-order valence-corrected chi connectivity index (χ0v) is 9.70. The fraction of sp³-hybridized carbons (Fsp3) is 0.875. The van der Waals surface area contributed by atoms with E-state index in [1.807, 2.05) is 0 Å². The molecule has 4 nitrogen and oxygen atoms in total. The summed E-state index contributed by atoms with van der Waals surface area (Å²) in [5.74, 6) is 0.0366. The van der Waals surface area contributed by atoms with Crippen LogP contribution in [0.25, 0.3) is 0 Å². The van der Waals surface area contributed by atoms with E-state index in [0.717, 1.165) is 12.8 Å². The first-order valence-electron chi connectivity index (χ1n) is 4.44. The summed E-state index contributed by atoms with van der Waals surface area (Å²) in [5.41, 5.74) is 0. The summed E-state index contributed by atoms with van der Waals surface area (Å²) < 4.78 is 10.2. The van der Waals surface area contributed by atoms with Crippen LogP contribution in [0, 0.1) is 0 Å². The summed E-state index contributed by atoms with van der Waals surface area (Å²) in [6.45, 7) is 0.600. The van der Waals surface area contributed by atoms with Crippen LogP contribution < -0.4 is 0 Å². The summed E-state index contributed by atoms with van der Waals surface area (Å²) in [6.07, 6.45) is 3.59. The molecule has 0 fully saturated rings. The highest BCUT2D eigenvalue weighted by Gasteiger charge is 2.03. The number of hydrogen-bond donors (Lipinski definition) is 0. The Morgan fingerprint density at radius 2 is 2.08 bits per heavy atom. The lowest BCUT2D eigenvalue weighted by Crippen LogP contribution is -2.20. The molecule has 5 heteroatoms. The van der Waals surface area contributed by atoms with Crippen LogP contribution in [0.5, 0.6) is 0 Å². The molecule has 0 aliphatic carbocycles. The second-order valence-corrected chi connectivity index (χ2v) is 4.67. The minimum atomic E-state index is -0.294. The van der Waals surface area contributed by atoms with E-state index in [2.05, 4.69) is 4.99 Å². The molecule has 76 valence electrons. The van der Waals surface area contributed by atoms with Crippen LogP contribution in [-0.4, -0.2) is 42.3 Å². The SMILES string of the molecule is COC(OC)[SiH2]CCCCN=C=O. The summed E-state index contributed by atoms with van der Waals surface area (Å²) in [5, 5.41) is 0. The van der Waals surface area contributed by atoms with E-state index >= 15 is 0 Å². The Hall–Kier alpha value is -0.483. The molecule has 13 heavy (non-hydrogen) atoms. The Morgan fingerprint density at radius 3 is 2.62 bits per heavy atom. The lowest BCUT2D eigenvalue weighted by molar-refractivity contribution is -0.0441. The van der Waals surface area contributed by atoms with Gasteiger partial charge in [0, 0.05) is 14.2 Å². The number of ether oxygens (including phenoxy) is 2. The summed E-state index contributed by atoms with van der Waals surface area (Å²) >= 11 is 0. The van der Waals surface area contributed by atoms with Crippen molar-refractivity contribution >= 4 is 15.6 Å². The van der Waals surface area contributed by atoms with Crippen LogP contribution in [0.2, 0.25) is 6.04 Å². The van der Waals surface area contributed by atoms with Crippen LogP contribution in [0.3, 0.4) is 0 Å². The van der Waals surface area contributed by atoms with Crippen LogP contribution in [-0.2, 0) is 14.3 Å². The molecular weight excluding hydrogens is 186 g/mol. The maximum absolute atomic E-state index is 9.72. The first-order chi connectivity index (χ1) is 6.35. The van der Waals surface area contributed by atoms with E-state index in [-0.39, 0.29) is 15.4 Å². The lowest BCUT2D eigenvalue weighted by Gasteiger charge is -2.11.